The maximum absolute atomic E-state index is 11.0. The number of carbonyl (C=O) groups excluding carboxylic acids is 1. The molecule has 0 spiro atoms. The largest absolute Gasteiger partial charge is 0.489 e. The number of hydrogen-bond acceptors (Lipinski definition) is 3. The van der Waals surface area contributed by atoms with Gasteiger partial charge in [-0.2, -0.15) is 5.10 Å². The zero-order valence-electron chi connectivity index (χ0n) is 14.2. The fraction of sp³-hybridized carbons (Fsp3) is 0.333. The molecule has 4 heteroatoms. The van der Waals surface area contributed by atoms with E-state index in [1.807, 2.05) is 41.2 Å². The highest BCUT2D eigenvalue weighted by molar-refractivity contribution is 5.59. The monoisotopic (exact) mass is 334 g/mol. The van der Waals surface area contributed by atoms with Gasteiger partial charge in [0.25, 0.3) is 0 Å². The van der Waals surface area contributed by atoms with E-state index >= 15 is 0 Å². The van der Waals surface area contributed by atoms with Gasteiger partial charge in [-0.05, 0) is 43.2 Å². The molecule has 128 valence electrons. The lowest BCUT2D eigenvalue weighted by atomic mass is 9.79. The second-order valence-corrected chi connectivity index (χ2v) is 6.81. The number of aldehydes is 1. The summed E-state index contributed by atoms with van der Waals surface area (Å²) in [5.41, 5.74) is 3.54. The second-order valence-electron chi connectivity index (χ2n) is 6.81. The molecule has 4 rings (SSSR count). The van der Waals surface area contributed by atoms with E-state index in [1.54, 1.807) is 0 Å². The van der Waals surface area contributed by atoms with Crippen LogP contribution in [0.3, 0.4) is 0 Å². The average molecular weight is 334 g/mol. The van der Waals surface area contributed by atoms with Gasteiger partial charge in [-0.1, -0.05) is 30.3 Å². The van der Waals surface area contributed by atoms with Crippen LogP contribution >= 0.6 is 0 Å². The zero-order valence-corrected chi connectivity index (χ0v) is 14.2. The molecule has 1 aromatic carbocycles. The molecule has 25 heavy (non-hydrogen) atoms. The van der Waals surface area contributed by atoms with Gasteiger partial charge in [0.05, 0.1) is 11.7 Å². The molecule has 0 bridgehead atoms. The minimum absolute atomic E-state index is 0.239. The topological polar surface area (TPSA) is 43.6 Å². The molecule has 2 aromatic heterocycles. The normalized spacial score (nSPS) is 20.5. The summed E-state index contributed by atoms with van der Waals surface area (Å²) in [7, 11) is 0. The van der Waals surface area contributed by atoms with Crippen LogP contribution in [0.5, 0.6) is 5.75 Å². The molecule has 0 aliphatic heterocycles. The number of carbonyl (C=O) groups is 1. The standard InChI is InChI=1S/C21H22N2O2/c24-14-16-6-8-18(9-7-16)20-13-22-23-11-10-19(12-21(20)23)25-15-17-4-2-1-3-5-17/h1-5,10-14,16,18H,6-9,15H2. The Kier molecular flexibility index (Phi) is 4.51. The zero-order chi connectivity index (χ0) is 17.1. The summed E-state index contributed by atoms with van der Waals surface area (Å²) >= 11 is 0. The molecular formula is C21H22N2O2. The summed E-state index contributed by atoms with van der Waals surface area (Å²) in [4.78, 5) is 11.0. The van der Waals surface area contributed by atoms with Crippen LogP contribution in [0, 0.1) is 5.92 Å². The van der Waals surface area contributed by atoms with Crippen LogP contribution in [0.2, 0.25) is 0 Å². The van der Waals surface area contributed by atoms with E-state index in [0.717, 1.165) is 48.8 Å². The molecule has 4 nitrogen and oxygen atoms in total. The predicted molar refractivity (Wildman–Crippen MR) is 96.7 cm³/mol. The van der Waals surface area contributed by atoms with Crippen LogP contribution in [-0.4, -0.2) is 15.9 Å². The Balaban J connectivity index is 1.52. The van der Waals surface area contributed by atoms with Gasteiger partial charge >= 0.3 is 0 Å². The summed E-state index contributed by atoms with van der Waals surface area (Å²) in [6.07, 6.45) is 9.12. The molecule has 0 saturated heterocycles. The first-order valence-corrected chi connectivity index (χ1v) is 8.93. The number of ether oxygens (including phenoxy) is 1. The summed E-state index contributed by atoms with van der Waals surface area (Å²) in [6, 6.07) is 14.2. The van der Waals surface area contributed by atoms with E-state index in [2.05, 4.69) is 23.3 Å². The van der Waals surface area contributed by atoms with E-state index in [-0.39, 0.29) is 5.92 Å². The molecule has 1 aliphatic rings. The van der Waals surface area contributed by atoms with Crippen molar-refractivity contribution in [2.75, 3.05) is 0 Å². The maximum atomic E-state index is 11.0. The van der Waals surface area contributed by atoms with E-state index in [4.69, 9.17) is 4.74 Å². The minimum Gasteiger partial charge on any atom is -0.489 e. The van der Waals surface area contributed by atoms with Gasteiger partial charge in [0, 0.05) is 23.7 Å². The minimum atomic E-state index is 0.239. The summed E-state index contributed by atoms with van der Waals surface area (Å²) < 4.78 is 7.87. The Bertz CT molecular complexity index is 849. The lowest BCUT2D eigenvalue weighted by molar-refractivity contribution is -0.111. The van der Waals surface area contributed by atoms with Crippen LogP contribution in [0.25, 0.3) is 5.52 Å². The highest BCUT2D eigenvalue weighted by atomic mass is 16.5. The lowest BCUT2D eigenvalue weighted by Gasteiger charge is -2.24. The summed E-state index contributed by atoms with van der Waals surface area (Å²) in [5.74, 6) is 1.58. The fourth-order valence-corrected chi connectivity index (χ4v) is 3.69. The molecular weight excluding hydrogens is 312 g/mol. The first-order chi connectivity index (χ1) is 12.3. The number of aromatic nitrogens is 2. The van der Waals surface area contributed by atoms with Crippen molar-refractivity contribution < 1.29 is 9.53 Å². The summed E-state index contributed by atoms with van der Waals surface area (Å²) in [5, 5.41) is 4.48. The Morgan fingerprint density at radius 3 is 2.68 bits per heavy atom. The SMILES string of the molecule is O=CC1CCC(c2cnn3ccc(OCc4ccccc4)cc23)CC1. The van der Waals surface area contributed by atoms with E-state index in [1.165, 1.54) is 5.56 Å². The highest BCUT2D eigenvalue weighted by Crippen LogP contribution is 2.37. The van der Waals surface area contributed by atoms with Gasteiger partial charge in [0.15, 0.2) is 0 Å². The van der Waals surface area contributed by atoms with Crippen LogP contribution in [0.1, 0.15) is 42.7 Å². The number of rotatable bonds is 5. The van der Waals surface area contributed by atoms with Gasteiger partial charge in [-0.3, -0.25) is 0 Å². The number of hydrogen-bond donors (Lipinski definition) is 0. The van der Waals surface area contributed by atoms with Crippen LogP contribution in [0.15, 0.2) is 54.9 Å². The Morgan fingerprint density at radius 1 is 1.12 bits per heavy atom. The first-order valence-electron chi connectivity index (χ1n) is 8.93. The van der Waals surface area contributed by atoms with Gasteiger partial charge < -0.3 is 9.53 Å². The lowest BCUT2D eigenvalue weighted by Crippen LogP contribution is -2.14. The Hall–Kier alpha value is -2.62. The van der Waals surface area contributed by atoms with Crippen molar-refractivity contribution in [2.24, 2.45) is 5.92 Å². The molecule has 1 aliphatic carbocycles. The quantitative estimate of drug-likeness (QED) is 0.650. The molecule has 0 atom stereocenters. The van der Waals surface area contributed by atoms with Gasteiger partial charge in [0.2, 0.25) is 0 Å². The molecule has 3 aromatic rings. The van der Waals surface area contributed by atoms with Gasteiger partial charge in [0.1, 0.15) is 18.6 Å². The van der Waals surface area contributed by atoms with E-state index in [9.17, 15) is 4.79 Å². The molecule has 1 fully saturated rings. The summed E-state index contributed by atoms with van der Waals surface area (Å²) in [6.45, 7) is 0.560. The van der Waals surface area contributed by atoms with Crippen LogP contribution in [-0.2, 0) is 11.4 Å². The number of nitrogens with zero attached hydrogens (tertiary/aromatic N) is 2. The molecule has 2 heterocycles. The Morgan fingerprint density at radius 2 is 1.92 bits per heavy atom. The number of pyridine rings is 1. The molecule has 0 radical (unpaired) electrons. The van der Waals surface area contributed by atoms with Gasteiger partial charge in [-0.15, -0.1) is 0 Å². The van der Waals surface area contributed by atoms with Crippen molar-refractivity contribution in [1.29, 1.82) is 0 Å². The fourth-order valence-electron chi connectivity index (χ4n) is 3.69. The molecule has 1 saturated carbocycles. The first kappa shape index (κ1) is 15.9. The number of fused-ring (bicyclic) bond motifs is 1. The van der Waals surface area contributed by atoms with Gasteiger partial charge in [-0.25, -0.2) is 4.52 Å². The van der Waals surface area contributed by atoms with Crippen molar-refractivity contribution in [1.82, 2.24) is 9.61 Å². The third-order valence-corrected chi connectivity index (χ3v) is 5.18. The van der Waals surface area contributed by atoms with E-state index < -0.39 is 0 Å². The molecule has 0 unspecified atom stereocenters. The Labute approximate surface area is 147 Å². The smallest absolute Gasteiger partial charge is 0.123 e. The highest BCUT2D eigenvalue weighted by Gasteiger charge is 2.24. The van der Waals surface area contributed by atoms with Crippen molar-refractivity contribution in [3.63, 3.8) is 0 Å². The van der Waals surface area contributed by atoms with Crippen molar-refractivity contribution in [2.45, 2.75) is 38.2 Å². The van der Waals surface area contributed by atoms with Crippen LogP contribution < -0.4 is 4.74 Å². The van der Waals surface area contributed by atoms with Crippen molar-refractivity contribution in [3.05, 3.63) is 66.0 Å². The second kappa shape index (κ2) is 7.09. The molecule has 0 N–H and O–H groups in total. The van der Waals surface area contributed by atoms with E-state index in [0.29, 0.717) is 12.5 Å². The third kappa shape index (κ3) is 3.43. The van der Waals surface area contributed by atoms with Crippen LogP contribution in [0.4, 0.5) is 0 Å². The maximum Gasteiger partial charge on any atom is 0.123 e. The molecule has 0 amide bonds. The number of benzene rings is 1. The van der Waals surface area contributed by atoms with Crippen molar-refractivity contribution in [3.8, 4) is 5.75 Å². The van der Waals surface area contributed by atoms with Crippen molar-refractivity contribution >= 4 is 11.8 Å². The third-order valence-electron chi connectivity index (χ3n) is 5.18. The predicted octanol–water partition coefficient (Wildman–Crippen LogP) is 4.39. The average Bonchev–Trinajstić information content (AvgIpc) is 3.10.